The number of hydrogen-bond acceptors (Lipinski definition) is 5. The molecule has 0 N–H and O–H groups in total. The van der Waals surface area contributed by atoms with Crippen molar-refractivity contribution in [3.8, 4) is 0 Å². The average molecular weight is 344 g/mol. The molecule has 0 spiro atoms. The van der Waals surface area contributed by atoms with Crippen LogP contribution in [0.4, 0.5) is 0 Å². The minimum atomic E-state index is -1.10. The highest BCUT2D eigenvalue weighted by Gasteiger charge is 2.50. The second-order valence-electron chi connectivity index (χ2n) is 4.44. The van der Waals surface area contributed by atoms with E-state index >= 15 is 0 Å². The van der Waals surface area contributed by atoms with Crippen molar-refractivity contribution in [2.75, 3.05) is 28.4 Å². The molecule has 6 heteroatoms. The summed E-state index contributed by atoms with van der Waals surface area (Å²) in [5, 5.41) is 0. The smallest absolute Gasteiger partial charge is 0.246 e. The molecule has 1 heterocycles. The zero-order chi connectivity index (χ0) is 15.0. The normalized spacial score (nSPS) is 19.4. The molecule has 0 radical (unpaired) electrons. The summed E-state index contributed by atoms with van der Waals surface area (Å²) >= 11 is 3.50. The van der Waals surface area contributed by atoms with Gasteiger partial charge in [-0.25, -0.2) is 0 Å². The second kappa shape index (κ2) is 5.54. The van der Waals surface area contributed by atoms with Crippen molar-refractivity contribution in [3.63, 3.8) is 0 Å². The largest absolute Gasteiger partial charge is 0.346 e. The van der Waals surface area contributed by atoms with E-state index in [0.717, 1.165) is 11.3 Å². The first-order valence-corrected chi connectivity index (χ1v) is 6.87. The molecule has 0 unspecified atom stereocenters. The average Bonchev–Trinajstić information content (AvgIpc) is 2.47. The van der Waals surface area contributed by atoms with Crippen LogP contribution < -0.4 is 0 Å². The maximum Gasteiger partial charge on any atom is 0.246 e. The number of aromatic nitrogens is 1. The Morgan fingerprint density at radius 2 is 1.60 bits per heavy atom. The van der Waals surface area contributed by atoms with Crippen LogP contribution in [0.5, 0.6) is 0 Å². The molecule has 0 saturated heterocycles. The first kappa shape index (κ1) is 15.6. The third-order valence-electron chi connectivity index (χ3n) is 3.53. The first-order valence-electron chi connectivity index (χ1n) is 6.07. The van der Waals surface area contributed by atoms with Crippen LogP contribution in [0.2, 0.25) is 0 Å². The predicted octanol–water partition coefficient (Wildman–Crippen LogP) is 2.57. The van der Waals surface area contributed by atoms with E-state index in [-0.39, 0.29) is 0 Å². The van der Waals surface area contributed by atoms with Crippen molar-refractivity contribution in [2.45, 2.75) is 18.5 Å². The Morgan fingerprint density at radius 1 is 1.00 bits per heavy atom. The lowest BCUT2D eigenvalue weighted by Crippen LogP contribution is -2.43. The monoisotopic (exact) mass is 343 g/mol. The lowest BCUT2D eigenvalue weighted by atomic mass is 9.91. The number of halogens is 1. The molecule has 0 saturated carbocycles. The lowest BCUT2D eigenvalue weighted by molar-refractivity contribution is -0.214. The van der Waals surface area contributed by atoms with Crippen molar-refractivity contribution in [2.24, 2.45) is 0 Å². The van der Waals surface area contributed by atoms with Crippen molar-refractivity contribution in [1.29, 1.82) is 0 Å². The topological polar surface area (TPSA) is 49.8 Å². The third-order valence-corrected chi connectivity index (χ3v) is 4.29. The number of fused-ring (bicyclic) bond motifs is 1. The van der Waals surface area contributed by atoms with Crippen molar-refractivity contribution < 1.29 is 18.9 Å². The SMILES string of the molecule is COC1(OC)C=C(Br)C(OC)(OC)c2nc(C)ccc21. The maximum absolute atomic E-state index is 5.59. The van der Waals surface area contributed by atoms with Crippen LogP contribution in [-0.2, 0) is 30.5 Å². The highest BCUT2D eigenvalue weighted by molar-refractivity contribution is 9.11. The molecule has 5 nitrogen and oxygen atoms in total. The molecule has 1 aromatic rings. The lowest BCUT2D eigenvalue weighted by Gasteiger charge is -2.41. The molecule has 1 aliphatic rings. The number of ether oxygens (including phenoxy) is 4. The van der Waals surface area contributed by atoms with Crippen LogP contribution in [0.1, 0.15) is 17.0 Å². The Hall–Kier alpha value is -0.790. The Morgan fingerprint density at radius 3 is 2.10 bits per heavy atom. The van der Waals surface area contributed by atoms with Gasteiger partial charge in [-0.1, -0.05) is 0 Å². The third kappa shape index (κ3) is 2.03. The number of aryl methyl sites for hydroxylation is 1. The van der Waals surface area contributed by atoms with Crippen molar-refractivity contribution in [3.05, 3.63) is 39.6 Å². The summed E-state index contributed by atoms with van der Waals surface area (Å²) in [6.45, 7) is 1.91. The summed E-state index contributed by atoms with van der Waals surface area (Å²) in [7, 11) is 6.30. The summed E-state index contributed by atoms with van der Waals surface area (Å²) < 4.78 is 23.0. The Labute approximate surface area is 127 Å². The Kier molecular flexibility index (Phi) is 4.32. The van der Waals surface area contributed by atoms with Gasteiger partial charge in [-0.3, -0.25) is 4.98 Å². The van der Waals surface area contributed by atoms with Crippen LogP contribution >= 0.6 is 15.9 Å². The van der Waals surface area contributed by atoms with Crippen LogP contribution in [0.25, 0.3) is 0 Å². The fraction of sp³-hybridized carbons (Fsp3) is 0.500. The van der Waals surface area contributed by atoms with Gasteiger partial charge in [-0.05, 0) is 41.1 Å². The summed E-state index contributed by atoms with van der Waals surface area (Å²) in [5.74, 6) is -2.11. The van der Waals surface area contributed by atoms with E-state index in [1.54, 1.807) is 34.5 Å². The van der Waals surface area contributed by atoms with Gasteiger partial charge in [0.15, 0.2) is 0 Å². The molecule has 1 aromatic heterocycles. The van der Waals surface area contributed by atoms with Gasteiger partial charge in [0, 0.05) is 39.7 Å². The van der Waals surface area contributed by atoms with E-state index in [1.165, 1.54) is 0 Å². The molecule has 0 atom stereocenters. The Bertz CT molecular complexity index is 536. The van der Waals surface area contributed by atoms with Crippen molar-refractivity contribution in [1.82, 2.24) is 4.98 Å². The van der Waals surface area contributed by atoms with Gasteiger partial charge in [0.25, 0.3) is 0 Å². The summed E-state index contributed by atoms with van der Waals surface area (Å²) in [6.07, 6.45) is 1.78. The highest BCUT2D eigenvalue weighted by Crippen LogP contribution is 2.48. The molecule has 0 amide bonds. The van der Waals surface area contributed by atoms with Gasteiger partial charge in [-0.2, -0.15) is 0 Å². The fourth-order valence-corrected chi connectivity index (χ4v) is 3.25. The molecule has 2 rings (SSSR count). The first-order chi connectivity index (χ1) is 9.49. The molecule has 0 fully saturated rings. The molecular weight excluding hydrogens is 326 g/mol. The number of nitrogens with zero attached hydrogens (tertiary/aromatic N) is 1. The number of rotatable bonds is 4. The second-order valence-corrected chi connectivity index (χ2v) is 5.30. The van der Waals surface area contributed by atoms with Gasteiger partial charge in [0.05, 0.1) is 4.48 Å². The molecule has 0 bridgehead atoms. The number of methoxy groups -OCH3 is 4. The van der Waals surface area contributed by atoms with Gasteiger partial charge in [0.1, 0.15) is 5.69 Å². The van der Waals surface area contributed by atoms with Crippen LogP contribution in [-0.4, -0.2) is 33.4 Å². The van der Waals surface area contributed by atoms with Gasteiger partial charge >= 0.3 is 0 Å². The fourth-order valence-electron chi connectivity index (χ4n) is 2.43. The van der Waals surface area contributed by atoms with Gasteiger partial charge in [-0.15, -0.1) is 0 Å². The van der Waals surface area contributed by atoms with E-state index in [4.69, 9.17) is 18.9 Å². The summed E-state index contributed by atoms with van der Waals surface area (Å²) in [6, 6.07) is 3.81. The summed E-state index contributed by atoms with van der Waals surface area (Å²) in [5.41, 5.74) is 2.21. The summed E-state index contributed by atoms with van der Waals surface area (Å²) in [4.78, 5) is 4.57. The van der Waals surface area contributed by atoms with Crippen LogP contribution in [0.15, 0.2) is 22.7 Å². The minimum absolute atomic E-state index is 0.612. The predicted molar refractivity (Wildman–Crippen MR) is 77.4 cm³/mol. The van der Waals surface area contributed by atoms with Crippen molar-refractivity contribution >= 4 is 15.9 Å². The quantitative estimate of drug-likeness (QED) is 0.786. The molecule has 20 heavy (non-hydrogen) atoms. The van der Waals surface area contributed by atoms with E-state index in [0.29, 0.717) is 10.2 Å². The standard InChI is InChI=1S/C14H18BrNO4/c1-9-6-7-10-12(16-9)14(19-4,20-5)11(15)8-13(10,17-2)18-3/h6-8H,1-5H3. The number of pyridine rings is 1. The zero-order valence-electron chi connectivity index (χ0n) is 12.2. The molecule has 110 valence electrons. The van der Waals surface area contributed by atoms with Crippen LogP contribution in [0, 0.1) is 6.92 Å². The van der Waals surface area contributed by atoms with E-state index in [1.807, 2.05) is 19.1 Å². The molecule has 1 aliphatic carbocycles. The van der Waals surface area contributed by atoms with E-state index < -0.39 is 11.6 Å². The molecule has 0 aromatic carbocycles. The molecule has 0 aliphatic heterocycles. The van der Waals surface area contributed by atoms with Gasteiger partial charge in [0.2, 0.25) is 11.6 Å². The molecular formula is C14H18BrNO4. The van der Waals surface area contributed by atoms with Crippen LogP contribution in [0.3, 0.4) is 0 Å². The Balaban J connectivity index is 2.80. The van der Waals surface area contributed by atoms with E-state index in [2.05, 4.69) is 20.9 Å². The maximum atomic E-state index is 5.59. The number of hydrogen-bond donors (Lipinski definition) is 0. The van der Waals surface area contributed by atoms with Gasteiger partial charge < -0.3 is 18.9 Å². The minimum Gasteiger partial charge on any atom is -0.346 e. The highest BCUT2D eigenvalue weighted by atomic mass is 79.9. The van der Waals surface area contributed by atoms with E-state index in [9.17, 15) is 0 Å². The zero-order valence-corrected chi connectivity index (χ0v) is 13.8.